The molecular formula is C13H12INO3. The van der Waals surface area contributed by atoms with Crippen LogP contribution in [0.4, 0.5) is 0 Å². The van der Waals surface area contributed by atoms with Crippen molar-refractivity contribution in [3.63, 3.8) is 0 Å². The monoisotopic (exact) mass is 357 g/mol. The van der Waals surface area contributed by atoms with Crippen LogP contribution in [0.5, 0.6) is 0 Å². The Balaban J connectivity index is 2.08. The first kappa shape index (κ1) is 13.2. The third kappa shape index (κ3) is 2.95. The summed E-state index contributed by atoms with van der Waals surface area (Å²) in [4.78, 5) is 36.2. The lowest BCUT2D eigenvalue weighted by Gasteiger charge is -2.24. The Morgan fingerprint density at radius 1 is 1.11 bits per heavy atom. The first-order chi connectivity index (χ1) is 8.58. The van der Waals surface area contributed by atoms with Crippen LogP contribution in [0.3, 0.4) is 0 Å². The fourth-order valence-electron chi connectivity index (χ4n) is 1.85. The largest absolute Gasteiger partial charge is 0.292 e. The van der Waals surface area contributed by atoms with E-state index in [9.17, 15) is 14.4 Å². The molecule has 0 unspecified atom stereocenters. The van der Waals surface area contributed by atoms with Crippen LogP contribution in [0.15, 0.2) is 24.3 Å². The molecule has 2 rings (SSSR count). The number of piperidine rings is 1. The normalized spacial score (nSPS) is 15.9. The molecule has 1 aromatic carbocycles. The molecule has 1 aliphatic rings. The van der Waals surface area contributed by atoms with Crippen LogP contribution in [0.1, 0.15) is 29.6 Å². The molecular weight excluding hydrogens is 345 g/mol. The molecule has 4 nitrogen and oxygen atoms in total. The predicted octanol–water partition coefficient (Wildman–Crippen LogP) is 2.01. The van der Waals surface area contributed by atoms with Gasteiger partial charge in [0.2, 0.25) is 11.8 Å². The average Bonchev–Trinajstić information content (AvgIpc) is 2.34. The summed E-state index contributed by atoms with van der Waals surface area (Å²) in [6.45, 7) is -0.141. The molecule has 0 aliphatic carbocycles. The molecule has 0 radical (unpaired) electrons. The molecule has 1 aromatic rings. The maximum Gasteiger partial charge on any atom is 0.229 e. The van der Waals surface area contributed by atoms with Crippen molar-refractivity contribution in [1.29, 1.82) is 0 Å². The summed E-state index contributed by atoms with van der Waals surface area (Å²) in [5.41, 5.74) is 0.529. The zero-order chi connectivity index (χ0) is 13.1. The molecule has 5 heteroatoms. The van der Waals surface area contributed by atoms with Crippen molar-refractivity contribution in [2.45, 2.75) is 19.3 Å². The van der Waals surface area contributed by atoms with E-state index in [1.807, 2.05) is 12.1 Å². The van der Waals surface area contributed by atoms with Gasteiger partial charge in [0.25, 0.3) is 0 Å². The van der Waals surface area contributed by atoms with E-state index in [0.717, 1.165) is 8.47 Å². The molecule has 0 aromatic heterocycles. The number of carbonyl (C=O) groups excluding carboxylic acids is 3. The van der Waals surface area contributed by atoms with E-state index < -0.39 is 0 Å². The van der Waals surface area contributed by atoms with Crippen LogP contribution in [0.2, 0.25) is 0 Å². The number of likely N-dealkylation sites (tertiary alicyclic amines) is 1. The Bertz CT molecular complexity index is 479. The summed E-state index contributed by atoms with van der Waals surface area (Å²) < 4.78 is 1.04. The average molecular weight is 357 g/mol. The smallest absolute Gasteiger partial charge is 0.229 e. The molecule has 0 spiro atoms. The van der Waals surface area contributed by atoms with Crippen LogP contribution in [-0.2, 0) is 9.59 Å². The van der Waals surface area contributed by atoms with Crippen LogP contribution < -0.4 is 0 Å². The van der Waals surface area contributed by atoms with E-state index in [1.165, 1.54) is 0 Å². The van der Waals surface area contributed by atoms with Crippen molar-refractivity contribution < 1.29 is 14.4 Å². The first-order valence-corrected chi connectivity index (χ1v) is 6.78. The molecule has 94 valence electrons. The number of hydrogen-bond acceptors (Lipinski definition) is 3. The molecule has 0 bridgehead atoms. The summed E-state index contributed by atoms with van der Waals surface area (Å²) >= 11 is 2.15. The Morgan fingerprint density at radius 2 is 1.67 bits per heavy atom. The number of ketones is 1. The highest BCUT2D eigenvalue weighted by Gasteiger charge is 2.27. The van der Waals surface area contributed by atoms with Gasteiger partial charge in [-0.1, -0.05) is 12.1 Å². The molecule has 1 heterocycles. The molecule has 1 saturated heterocycles. The van der Waals surface area contributed by atoms with Gasteiger partial charge in [-0.3, -0.25) is 19.3 Å². The number of benzene rings is 1. The second-order valence-electron chi connectivity index (χ2n) is 4.16. The summed E-state index contributed by atoms with van der Waals surface area (Å²) in [5, 5.41) is 0. The third-order valence-corrected chi connectivity index (χ3v) is 3.57. The fourth-order valence-corrected chi connectivity index (χ4v) is 2.21. The summed E-state index contributed by atoms with van der Waals surface area (Å²) in [7, 11) is 0. The lowest BCUT2D eigenvalue weighted by Crippen LogP contribution is -2.43. The minimum absolute atomic E-state index is 0.141. The van der Waals surface area contributed by atoms with Crippen molar-refractivity contribution >= 4 is 40.2 Å². The third-order valence-electron chi connectivity index (χ3n) is 2.85. The standard InChI is InChI=1S/C13H12INO3/c14-10-6-4-9(5-7-10)11(16)8-15-12(17)2-1-3-13(15)18/h4-7H,1-3,8H2. The van der Waals surface area contributed by atoms with E-state index in [1.54, 1.807) is 12.1 Å². The van der Waals surface area contributed by atoms with Crippen molar-refractivity contribution in [1.82, 2.24) is 4.90 Å². The maximum atomic E-state index is 12.0. The van der Waals surface area contributed by atoms with E-state index >= 15 is 0 Å². The van der Waals surface area contributed by atoms with E-state index in [4.69, 9.17) is 0 Å². The minimum Gasteiger partial charge on any atom is -0.292 e. The Labute approximate surface area is 118 Å². The Kier molecular flexibility index (Phi) is 4.11. The lowest BCUT2D eigenvalue weighted by molar-refractivity contribution is -0.147. The van der Waals surface area contributed by atoms with Crippen molar-refractivity contribution in [2.75, 3.05) is 6.54 Å². The SMILES string of the molecule is O=C(CN1C(=O)CCCC1=O)c1ccc(I)cc1. The predicted molar refractivity (Wildman–Crippen MR) is 74.1 cm³/mol. The number of imide groups is 1. The number of hydrogen-bond donors (Lipinski definition) is 0. The van der Waals surface area contributed by atoms with Gasteiger partial charge in [-0.15, -0.1) is 0 Å². The highest BCUT2D eigenvalue weighted by molar-refractivity contribution is 14.1. The highest BCUT2D eigenvalue weighted by atomic mass is 127. The van der Waals surface area contributed by atoms with Crippen molar-refractivity contribution in [3.05, 3.63) is 33.4 Å². The van der Waals surface area contributed by atoms with Crippen LogP contribution in [0.25, 0.3) is 0 Å². The van der Waals surface area contributed by atoms with Crippen LogP contribution in [0, 0.1) is 3.57 Å². The fraction of sp³-hybridized carbons (Fsp3) is 0.308. The molecule has 0 saturated carbocycles. The van der Waals surface area contributed by atoms with Gasteiger partial charge < -0.3 is 0 Å². The molecule has 1 fully saturated rings. The molecule has 18 heavy (non-hydrogen) atoms. The summed E-state index contributed by atoms with van der Waals surface area (Å²) in [5.74, 6) is -0.690. The van der Waals surface area contributed by atoms with E-state index in [-0.39, 0.29) is 24.1 Å². The zero-order valence-corrected chi connectivity index (χ0v) is 11.8. The van der Waals surface area contributed by atoms with Crippen LogP contribution in [-0.4, -0.2) is 29.0 Å². The Hall–Kier alpha value is -1.24. The van der Waals surface area contributed by atoms with E-state index in [0.29, 0.717) is 24.8 Å². The Morgan fingerprint density at radius 3 is 2.22 bits per heavy atom. The van der Waals surface area contributed by atoms with Gasteiger partial charge in [0.05, 0.1) is 6.54 Å². The highest BCUT2D eigenvalue weighted by Crippen LogP contribution is 2.14. The maximum absolute atomic E-state index is 12.0. The van der Waals surface area contributed by atoms with Gasteiger partial charge in [0.15, 0.2) is 5.78 Å². The topological polar surface area (TPSA) is 54.5 Å². The van der Waals surface area contributed by atoms with Crippen molar-refractivity contribution in [3.8, 4) is 0 Å². The van der Waals surface area contributed by atoms with Crippen molar-refractivity contribution in [2.24, 2.45) is 0 Å². The summed E-state index contributed by atoms with van der Waals surface area (Å²) in [6, 6.07) is 7.08. The molecule has 1 aliphatic heterocycles. The summed E-state index contributed by atoms with van der Waals surface area (Å²) in [6.07, 6.45) is 1.29. The number of rotatable bonds is 3. The van der Waals surface area contributed by atoms with Gasteiger partial charge in [-0.2, -0.15) is 0 Å². The number of halogens is 1. The van der Waals surface area contributed by atoms with E-state index in [2.05, 4.69) is 22.6 Å². The van der Waals surface area contributed by atoms with Gasteiger partial charge >= 0.3 is 0 Å². The van der Waals surface area contributed by atoms with Gasteiger partial charge in [0, 0.05) is 22.0 Å². The van der Waals surface area contributed by atoms with Gasteiger partial charge in [0.1, 0.15) is 0 Å². The molecule has 0 N–H and O–H groups in total. The number of Topliss-reactive ketones (excluding diaryl/α,β-unsaturated/α-hetero) is 1. The zero-order valence-electron chi connectivity index (χ0n) is 9.69. The number of nitrogens with zero attached hydrogens (tertiary/aromatic N) is 1. The second kappa shape index (κ2) is 5.60. The number of amides is 2. The molecule has 2 amide bonds. The lowest BCUT2D eigenvalue weighted by atomic mass is 10.1. The number of carbonyl (C=O) groups is 3. The second-order valence-corrected chi connectivity index (χ2v) is 5.40. The van der Waals surface area contributed by atoms with Crippen LogP contribution >= 0.6 is 22.6 Å². The molecule has 0 atom stereocenters. The van der Waals surface area contributed by atoms with Gasteiger partial charge in [-0.05, 0) is 41.1 Å². The van der Waals surface area contributed by atoms with Gasteiger partial charge in [-0.25, -0.2) is 0 Å². The first-order valence-electron chi connectivity index (χ1n) is 5.70. The minimum atomic E-state index is -0.245. The quantitative estimate of drug-likeness (QED) is 0.473.